The van der Waals surface area contributed by atoms with Crippen molar-refractivity contribution in [1.29, 1.82) is 0 Å². The van der Waals surface area contributed by atoms with Crippen molar-refractivity contribution in [3.63, 3.8) is 0 Å². The standard InChI is InChI=1S/C26H36O7Si/c1-28-20-12-10-18(11-13-20)16-30-24-22(27)26(29-14-15-34(2,3)4)32-21-17-31-25(33-23(21)24)19-8-6-5-7-9-19/h5-13,21-27H,14-17H2,1-4H3/t21-,22-,23+,24-,25?,26-/m1/s1. The summed E-state index contributed by atoms with van der Waals surface area (Å²) in [5, 5.41) is 11.2. The molecule has 186 valence electrons. The summed E-state index contributed by atoms with van der Waals surface area (Å²) in [6.45, 7) is 8.05. The number of benzene rings is 2. The fourth-order valence-corrected chi connectivity index (χ4v) is 4.80. The highest BCUT2D eigenvalue weighted by Crippen LogP contribution is 2.36. The summed E-state index contributed by atoms with van der Waals surface area (Å²) < 4.78 is 35.9. The molecule has 0 aromatic heterocycles. The molecule has 2 fully saturated rings. The predicted molar refractivity (Wildman–Crippen MR) is 130 cm³/mol. The molecule has 0 spiro atoms. The van der Waals surface area contributed by atoms with Crippen LogP contribution in [0, 0.1) is 0 Å². The number of fused-ring (bicyclic) bond motifs is 1. The maximum absolute atomic E-state index is 11.2. The lowest BCUT2D eigenvalue weighted by molar-refractivity contribution is -0.366. The minimum absolute atomic E-state index is 0.316. The zero-order valence-electron chi connectivity index (χ0n) is 20.4. The second kappa shape index (κ2) is 11.3. The highest BCUT2D eigenvalue weighted by molar-refractivity contribution is 6.76. The van der Waals surface area contributed by atoms with Crippen LogP contribution < -0.4 is 4.74 Å². The van der Waals surface area contributed by atoms with Gasteiger partial charge in [0.15, 0.2) is 12.6 Å². The number of ether oxygens (including phenoxy) is 6. The molecule has 0 radical (unpaired) electrons. The van der Waals surface area contributed by atoms with Gasteiger partial charge in [0.05, 0.1) is 20.3 Å². The van der Waals surface area contributed by atoms with Crippen LogP contribution >= 0.6 is 0 Å². The molecule has 7 nitrogen and oxygen atoms in total. The Morgan fingerprint density at radius 2 is 1.71 bits per heavy atom. The monoisotopic (exact) mass is 488 g/mol. The Hall–Kier alpha value is -1.78. The van der Waals surface area contributed by atoms with Gasteiger partial charge in [-0.1, -0.05) is 62.1 Å². The fourth-order valence-electron chi connectivity index (χ4n) is 4.07. The largest absolute Gasteiger partial charge is 0.497 e. The summed E-state index contributed by atoms with van der Waals surface area (Å²) in [5.41, 5.74) is 1.89. The van der Waals surface area contributed by atoms with Crippen LogP contribution in [0.15, 0.2) is 54.6 Å². The smallest absolute Gasteiger partial charge is 0.186 e. The lowest BCUT2D eigenvalue weighted by Crippen LogP contribution is -2.63. The van der Waals surface area contributed by atoms with E-state index in [-0.39, 0.29) is 0 Å². The highest BCUT2D eigenvalue weighted by Gasteiger charge is 2.50. The molecule has 8 heteroatoms. The van der Waals surface area contributed by atoms with Crippen LogP contribution in [0.2, 0.25) is 25.7 Å². The van der Waals surface area contributed by atoms with Gasteiger partial charge >= 0.3 is 0 Å². The van der Waals surface area contributed by atoms with Gasteiger partial charge in [0.1, 0.15) is 30.2 Å². The van der Waals surface area contributed by atoms with E-state index in [1.807, 2.05) is 54.6 Å². The molecule has 1 unspecified atom stereocenters. The van der Waals surface area contributed by atoms with Gasteiger partial charge in [-0.2, -0.15) is 0 Å². The number of aliphatic hydroxyl groups excluding tert-OH is 1. The predicted octanol–water partition coefficient (Wildman–Crippen LogP) is 4.14. The van der Waals surface area contributed by atoms with Gasteiger partial charge in [-0.3, -0.25) is 0 Å². The van der Waals surface area contributed by atoms with E-state index >= 15 is 0 Å². The molecule has 0 aliphatic carbocycles. The van der Waals surface area contributed by atoms with Crippen molar-refractivity contribution >= 4 is 8.07 Å². The highest BCUT2D eigenvalue weighted by atomic mass is 28.3. The third kappa shape index (κ3) is 6.45. The first-order chi connectivity index (χ1) is 16.3. The van der Waals surface area contributed by atoms with Crippen LogP contribution in [-0.2, 0) is 30.3 Å². The average Bonchev–Trinajstić information content (AvgIpc) is 2.84. The number of rotatable bonds is 9. The topological polar surface area (TPSA) is 75.6 Å². The average molecular weight is 489 g/mol. The van der Waals surface area contributed by atoms with Crippen molar-refractivity contribution in [1.82, 2.24) is 0 Å². The summed E-state index contributed by atoms with van der Waals surface area (Å²) in [5.74, 6) is 0.782. The van der Waals surface area contributed by atoms with Crippen molar-refractivity contribution in [3.05, 3.63) is 65.7 Å². The van der Waals surface area contributed by atoms with E-state index in [9.17, 15) is 5.11 Å². The van der Waals surface area contributed by atoms with Gasteiger partial charge in [-0.25, -0.2) is 0 Å². The molecule has 2 aliphatic heterocycles. The molecule has 34 heavy (non-hydrogen) atoms. The van der Waals surface area contributed by atoms with Crippen LogP contribution in [0.25, 0.3) is 0 Å². The van der Waals surface area contributed by atoms with Gasteiger partial charge in [0, 0.05) is 20.2 Å². The van der Waals surface area contributed by atoms with E-state index in [1.54, 1.807) is 7.11 Å². The van der Waals surface area contributed by atoms with E-state index in [0.29, 0.717) is 19.8 Å². The normalized spacial score (nSPS) is 29.4. The minimum Gasteiger partial charge on any atom is -0.497 e. The van der Waals surface area contributed by atoms with E-state index in [2.05, 4.69) is 19.6 Å². The minimum atomic E-state index is -1.28. The Kier molecular flexibility index (Phi) is 8.42. The van der Waals surface area contributed by atoms with Gasteiger partial charge in [-0.05, 0) is 23.7 Å². The summed E-state index contributed by atoms with van der Waals surface area (Å²) in [6.07, 6.45) is -3.86. The van der Waals surface area contributed by atoms with Gasteiger partial charge in [-0.15, -0.1) is 0 Å². The van der Waals surface area contributed by atoms with Crippen molar-refractivity contribution in [2.45, 2.75) is 69.3 Å². The lowest BCUT2D eigenvalue weighted by Gasteiger charge is -2.47. The molecule has 0 bridgehead atoms. The van der Waals surface area contributed by atoms with E-state index in [4.69, 9.17) is 28.4 Å². The lowest BCUT2D eigenvalue weighted by atomic mass is 9.97. The first kappa shape index (κ1) is 25.3. The first-order valence-electron chi connectivity index (χ1n) is 11.9. The molecule has 4 rings (SSSR count). The third-order valence-electron chi connectivity index (χ3n) is 6.11. The van der Waals surface area contributed by atoms with Crippen LogP contribution in [0.5, 0.6) is 5.75 Å². The maximum Gasteiger partial charge on any atom is 0.186 e. The molecule has 2 aromatic carbocycles. The second-order valence-electron chi connectivity index (χ2n) is 10.0. The molecule has 6 atom stereocenters. The summed E-state index contributed by atoms with van der Waals surface area (Å²) in [4.78, 5) is 0. The van der Waals surface area contributed by atoms with Gasteiger partial charge in [0.25, 0.3) is 0 Å². The zero-order valence-corrected chi connectivity index (χ0v) is 21.4. The molecule has 0 amide bonds. The number of hydrogen-bond acceptors (Lipinski definition) is 7. The number of methoxy groups -OCH3 is 1. The first-order valence-corrected chi connectivity index (χ1v) is 15.6. The van der Waals surface area contributed by atoms with Gasteiger partial charge in [0.2, 0.25) is 0 Å². The Morgan fingerprint density at radius 1 is 0.971 bits per heavy atom. The summed E-state index contributed by atoms with van der Waals surface area (Å²) in [7, 11) is 0.355. The molecular weight excluding hydrogens is 452 g/mol. The Bertz CT molecular complexity index is 886. The van der Waals surface area contributed by atoms with Crippen molar-refractivity contribution in [3.8, 4) is 5.75 Å². The Labute approximate surface area is 202 Å². The van der Waals surface area contributed by atoms with Crippen LogP contribution in [0.4, 0.5) is 0 Å². The van der Waals surface area contributed by atoms with E-state index < -0.39 is 45.1 Å². The second-order valence-corrected chi connectivity index (χ2v) is 15.6. The van der Waals surface area contributed by atoms with Crippen molar-refractivity contribution < 1.29 is 33.5 Å². The molecule has 0 saturated carbocycles. The van der Waals surface area contributed by atoms with Crippen LogP contribution in [-0.4, -0.2) is 64.2 Å². The Morgan fingerprint density at radius 3 is 2.38 bits per heavy atom. The summed E-state index contributed by atoms with van der Waals surface area (Å²) in [6, 6.07) is 18.4. The SMILES string of the molecule is COc1ccc(CO[C@@H]2[C@@H](O)[C@H](OCC[Si](C)(C)C)O[C@@H]3COC(c4ccccc4)O[C@H]23)cc1. The molecule has 2 heterocycles. The molecular formula is C26H36O7Si. The van der Waals surface area contributed by atoms with Crippen molar-refractivity contribution in [2.75, 3.05) is 20.3 Å². The van der Waals surface area contributed by atoms with Crippen LogP contribution in [0.3, 0.4) is 0 Å². The summed E-state index contributed by atoms with van der Waals surface area (Å²) >= 11 is 0. The molecule has 1 N–H and O–H groups in total. The fraction of sp³-hybridized carbons (Fsp3) is 0.538. The zero-order chi connectivity index (χ0) is 24.1. The van der Waals surface area contributed by atoms with E-state index in [1.165, 1.54) is 0 Å². The van der Waals surface area contributed by atoms with Gasteiger partial charge < -0.3 is 33.5 Å². The molecule has 2 saturated heterocycles. The van der Waals surface area contributed by atoms with Crippen molar-refractivity contribution in [2.24, 2.45) is 0 Å². The number of aliphatic hydroxyl groups is 1. The quantitative estimate of drug-likeness (QED) is 0.532. The molecule has 2 aliphatic rings. The third-order valence-corrected chi connectivity index (χ3v) is 7.82. The van der Waals surface area contributed by atoms with Crippen LogP contribution in [0.1, 0.15) is 17.4 Å². The maximum atomic E-state index is 11.2. The molecule has 2 aromatic rings. The number of hydrogen-bond donors (Lipinski definition) is 1. The Balaban J connectivity index is 1.48. The van der Waals surface area contributed by atoms with E-state index in [0.717, 1.165) is 22.9 Å².